The Morgan fingerprint density at radius 1 is 1.39 bits per heavy atom. The molecule has 0 fully saturated rings. The maximum atomic E-state index is 12.2. The Morgan fingerprint density at radius 3 is 2.78 bits per heavy atom. The van der Waals surface area contributed by atoms with Crippen molar-refractivity contribution >= 4 is 32.8 Å². The average molecular weight is 282 g/mol. The van der Waals surface area contributed by atoms with Gasteiger partial charge in [-0.3, -0.25) is 0 Å². The summed E-state index contributed by atoms with van der Waals surface area (Å²) in [5, 5.41) is 8.87. The highest BCUT2D eigenvalue weighted by Crippen LogP contribution is 2.22. The van der Waals surface area contributed by atoms with Gasteiger partial charge in [0.25, 0.3) is 0 Å². The molecule has 0 saturated carbocycles. The lowest BCUT2D eigenvalue weighted by Crippen LogP contribution is -2.42. The molecule has 0 aliphatic heterocycles. The molecule has 0 bridgehead atoms. The molecule has 18 heavy (non-hydrogen) atoms. The zero-order valence-electron chi connectivity index (χ0n) is 9.71. The van der Waals surface area contributed by atoms with Gasteiger partial charge in [0.15, 0.2) is 0 Å². The van der Waals surface area contributed by atoms with Gasteiger partial charge in [-0.1, -0.05) is 6.07 Å². The van der Waals surface area contributed by atoms with E-state index in [1.54, 1.807) is 12.1 Å². The number of nitrogens with zero attached hydrogens (tertiary/aromatic N) is 3. The van der Waals surface area contributed by atoms with Crippen molar-refractivity contribution in [2.75, 3.05) is 0 Å². The minimum absolute atomic E-state index is 0.0390. The van der Waals surface area contributed by atoms with Crippen LogP contribution in [0.4, 0.5) is 0 Å². The van der Waals surface area contributed by atoms with E-state index < -0.39 is 15.6 Å². The average Bonchev–Trinajstić information content (AvgIpc) is 2.75. The monoisotopic (exact) mass is 282 g/mol. The Hall–Kier alpha value is -1.56. The van der Waals surface area contributed by atoms with Crippen LogP contribution in [0.15, 0.2) is 23.1 Å². The topological polar surface area (TPSA) is 95.7 Å². The first-order valence-electron chi connectivity index (χ1n) is 5.02. The highest BCUT2D eigenvalue weighted by Gasteiger charge is 2.27. The van der Waals surface area contributed by atoms with Gasteiger partial charge in [0.1, 0.15) is 21.5 Å². The van der Waals surface area contributed by atoms with Crippen LogP contribution in [-0.2, 0) is 10.0 Å². The lowest BCUT2D eigenvalue weighted by molar-refractivity contribution is 0.536. The van der Waals surface area contributed by atoms with E-state index in [9.17, 15) is 8.42 Å². The number of hydrogen-bond donors (Lipinski definition) is 1. The van der Waals surface area contributed by atoms with Gasteiger partial charge in [-0.2, -0.15) is 18.7 Å². The zero-order valence-corrected chi connectivity index (χ0v) is 11.3. The Balaban J connectivity index is 2.55. The van der Waals surface area contributed by atoms with E-state index >= 15 is 0 Å². The van der Waals surface area contributed by atoms with Crippen molar-refractivity contribution in [3.63, 3.8) is 0 Å². The van der Waals surface area contributed by atoms with Crippen LogP contribution in [-0.4, -0.2) is 22.7 Å². The number of hydrogen-bond acceptors (Lipinski definition) is 6. The van der Waals surface area contributed by atoms with Crippen LogP contribution in [0, 0.1) is 11.3 Å². The molecule has 0 radical (unpaired) electrons. The molecule has 1 N–H and O–H groups in total. The lowest BCUT2D eigenvalue weighted by atomic mass is 10.1. The summed E-state index contributed by atoms with van der Waals surface area (Å²) in [5.74, 6) is 0. The van der Waals surface area contributed by atoms with Crippen LogP contribution in [0.3, 0.4) is 0 Å². The molecular formula is C10H10N4O2S2. The summed E-state index contributed by atoms with van der Waals surface area (Å²) in [4.78, 5) is 0.0390. The summed E-state index contributed by atoms with van der Waals surface area (Å²) in [6, 6.07) is 6.61. The third-order valence-corrected chi connectivity index (χ3v) is 4.44. The molecule has 0 saturated heterocycles. The van der Waals surface area contributed by atoms with E-state index in [1.165, 1.54) is 19.9 Å². The number of aromatic nitrogens is 2. The first-order valence-corrected chi connectivity index (χ1v) is 7.24. The van der Waals surface area contributed by atoms with Crippen LogP contribution >= 0.6 is 11.7 Å². The SMILES string of the molecule is CC(C)(C#N)NS(=O)(=O)c1cccc2nsnc12. The van der Waals surface area contributed by atoms with Crippen molar-refractivity contribution in [2.24, 2.45) is 0 Å². The van der Waals surface area contributed by atoms with Crippen LogP contribution in [0.1, 0.15) is 13.8 Å². The van der Waals surface area contributed by atoms with Gasteiger partial charge in [0.05, 0.1) is 17.8 Å². The normalized spacial score (nSPS) is 12.5. The van der Waals surface area contributed by atoms with E-state index in [-0.39, 0.29) is 4.90 Å². The number of sulfonamides is 1. The van der Waals surface area contributed by atoms with Gasteiger partial charge < -0.3 is 0 Å². The zero-order chi connectivity index (χ0) is 13.4. The first-order chi connectivity index (χ1) is 8.36. The van der Waals surface area contributed by atoms with Crippen molar-refractivity contribution in [2.45, 2.75) is 24.3 Å². The smallest absolute Gasteiger partial charge is 0.207 e. The molecule has 6 nitrogen and oxygen atoms in total. The predicted octanol–water partition coefficient (Wildman–Crippen LogP) is 1.27. The van der Waals surface area contributed by atoms with Crippen LogP contribution < -0.4 is 4.72 Å². The van der Waals surface area contributed by atoms with Crippen molar-refractivity contribution in [3.05, 3.63) is 18.2 Å². The summed E-state index contributed by atoms with van der Waals surface area (Å²) in [7, 11) is -3.79. The fourth-order valence-electron chi connectivity index (χ4n) is 1.41. The Kier molecular flexibility index (Phi) is 3.06. The van der Waals surface area contributed by atoms with Gasteiger partial charge in [0, 0.05) is 0 Å². The molecule has 0 aliphatic rings. The molecule has 0 aliphatic carbocycles. The molecule has 0 unspecified atom stereocenters. The standard InChI is InChI=1S/C10H10N4O2S2/c1-10(2,6-11)14-18(15,16)8-5-3-4-7-9(8)13-17-12-7/h3-5,14H,1-2H3. The third-order valence-electron chi connectivity index (χ3n) is 2.21. The summed E-state index contributed by atoms with van der Waals surface area (Å²) in [5.41, 5.74) is -0.328. The largest absolute Gasteiger partial charge is 0.244 e. The first kappa shape index (κ1) is 12.9. The van der Waals surface area contributed by atoms with Gasteiger partial charge in [0.2, 0.25) is 10.0 Å². The second-order valence-electron chi connectivity index (χ2n) is 4.23. The number of rotatable bonds is 3. The molecule has 1 aromatic carbocycles. The van der Waals surface area contributed by atoms with Crippen molar-refractivity contribution in [1.82, 2.24) is 13.5 Å². The Morgan fingerprint density at radius 2 is 2.11 bits per heavy atom. The molecular weight excluding hydrogens is 272 g/mol. The number of benzene rings is 1. The van der Waals surface area contributed by atoms with E-state index in [1.807, 2.05) is 6.07 Å². The highest BCUT2D eigenvalue weighted by molar-refractivity contribution is 7.89. The maximum absolute atomic E-state index is 12.2. The lowest BCUT2D eigenvalue weighted by Gasteiger charge is -2.17. The molecule has 0 spiro atoms. The Labute approximate surface area is 109 Å². The van der Waals surface area contributed by atoms with Crippen LogP contribution in [0.5, 0.6) is 0 Å². The summed E-state index contributed by atoms with van der Waals surface area (Å²) in [6.07, 6.45) is 0. The van der Waals surface area contributed by atoms with E-state index in [4.69, 9.17) is 5.26 Å². The highest BCUT2D eigenvalue weighted by atomic mass is 32.2. The van der Waals surface area contributed by atoms with E-state index in [0.717, 1.165) is 11.7 Å². The molecule has 0 amide bonds. The van der Waals surface area contributed by atoms with Gasteiger partial charge in [-0.15, -0.1) is 0 Å². The molecule has 1 aromatic heterocycles. The summed E-state index contributed by atoms with van der Waals surface area (Å²) >= 11 is 0.950. The number of fused-ring (bicyclic) bond motifs is 1. The van der Waals surface area contributed by atoms with E-state index in [0.29, 0.717) is 11.0 Å². The van der Waals surface area contributed by atoms with Crippen molar-refractivity contribution in [1.29, 1.82) is 5.26 Å². The second kappa shape index (κ2) is 4.28. The number of nitriles is 1. The second-order valence-corrected chi connectivity index (χ2v) is 6.41. The van der Waals surface area contributed by atoms with Crippen LogP contribution in [0.25, 0.3) is 11.0 Å². The minimum atomic E-state index is -3.79. The quantitative estimate of drug-likeness (QED) is 0.914. The summed E-state index contributed by atoms with van der Waals surface area (Å²) in [6.45, 7) is 2.98. The molecule has 94 valence electrons. The molecule has 1 heterocycles. The van der Waals surface area contributed by atoms with Crippen molar-refractivity contribution in [3.8, 4) is 6.07 Å². The molecule has 2 aromatic rings. The Bertz CT molecular complexity index is 728. The summed E-state index contributed by atoms with van der Waals surface area (Å²) < 4.78 is 34.7. The van der Waals surface area contributed by atoms with E-state index in [2.05, 4.69) is 13.5 Å². The fourth-order valence-corrected chi connectivity index (χ4v) is 3.51. The molecule has 8 heteroatoms. The predicted molar refractivity (Wildman–Crippen MR) is 67.4 cm³/mol. The minimum Gasteiger partial charge on any atom is -0.207 e. The van der Waals surface area contributed by atoms with Crippen molar-refractivity contribution < 1.29 is 8.42 Å². The molecule has 2 rings (SSSR count). The molecule has 0 atom stereocenters. The third kappa shape index (κ3) is 2.33. The maximum Gasteiger partial charge on any atom is 0.244 e. The van der Waals surface area contributed by atoms with Crippen LogP contribution in [0.2, 0.25) is 0 Å². The fraction of sp³-hybridized carbons (Fsp3) is 0.300. The van der Waals surface area contributed by atoms with Gasteiger partial charge in [-0.05, 0) is 26.0 Å². The van der Waals surface area contributed by atoms with Gasteiger partial charge >= 0.3 is 0 Å². The van der Waals surface area contributed by atoms with Gasteiger partial charge in [-0.25, -0.2) is 8.42 Å². The number of nitrogens with one attached hydrogen (secondary N) is 1.